The summed E-state index contributed by atoms with van der Waals surface area (Å²) >= 11 is 0. The minimum absolute atomic E-state index is 0.682. The largest absolute Gasteiger partial charge is 0.492 e. The van der Waals surface area contributed by atoms with Gasteiger partial charge in [0.05, 0.1) is 25.2 Å². The Hall–Kier alpha value is -1.85. The topological polar surface area (TPSA) is 50.4 Å². The number of H-pyrrole nitrogens is 1. The average Bonchev–Trinajstić information content (AvgIpc) is 3.03. The monoisotopic (exact) mass is 273 g/mol. The van der Waals surface area contributed by atoms with Gasteiger partial charge in [0.15, 0.2) is 0 Å². The highest BCUT2D eigenvalue weighted by molar-refractivity contribution is 5.66. The van der Waals surface area contributed by atoms with Crippen LogP contribution in [0.5, 0.6) is 5.75 Å². The van der Waals surface area contributed by atoms with E-state index in [0.717, 1.165) is 49.9 Å². The van der Waals surface area contributed by atoms with E-state index < -0.39 is 0 Å². The Bertz CT molecular complexity index is 522. The molecule has 0 saturated carbocycles. The molecule has 0 aliphatic carbocycles. The van der Waals surface area contributed by atoms with Crippen LogP contribution in [-0.2, 0) is 4.74 Å². The maximum absolute atomic E-state index is 5.93. The number of benzene rings is 1. The molecular formula is C15H19N3O2. The third-order valence-electron chi connectivity index (χ3n) is 3.43. The van der Waals surface area contributed by atoms with Gasteiger partial charge in [-0.2, -0.15) is 0 Å². The van der Waals surface area contributed by atoms with E-state index >= 15 is 0 Å². The molecule has 1 aromatic heterocycles. The lowest BCUT2D eigenvalue weighted by Crippen LogP contribution is -2.38. The number of para-hydroxylation sites is 1. The lowest BCUT2D eigenvalue weighted by atomic mass is 10.1. The molecule has 0 atom stereocenters. The van der Waals surface area contributed by atoms with Crippen molar-refractivity contribution in [1.29, 1.82) is 0 Å². The summed E-state index contributed by atoms with van der Waals surface area (Å²) < 4.78 is 11.3. The Labute approximate surface area is 118 Å². The zero-order valence-electron chi connectivity index (χ0n) is 11.4. The Morgan fingerprint density at radius 2 is 2.10 bits per heavy atom. The van der Waals surface area contributed by atoms with Gasteiger partial charge in [0, 0.05) is 31.4 Å². The molecule has 0 radical (unpaired) electrons. The van der Waals surface area contributed by atoms with Crippen LogP contribution < -0.4 is 4.74 Å². The van der Waals surface area contributed by atoms with Crippen molar-refractivity contribution in [2.45, 2.75) is 0 Å². The van der Waals surface area contributed by atoms with E-state index in [2.05, 4.69) is 14.9 Å². The molecule has 1 aliphatic heterocycles. The minimum Gasteiger partial charge on any atom is -0.492 e. The summed E-state index contributed by atoms with van der Waals surface area (Å²) in [6.45, 7) is 5.24. The first-order valence-corrected chi connectivity index (χ1v) is 6.94. The van der Waals surface area contributed by atoms with E-state index in [1.54, 1.807) is 6.33 Å². The Kier molecular flexibility index (Phi) is 4.30. The van der Waals surface area contributed by atoms with Crippen molar-refractivity contribution in [1.82, 2.24) is 14.9 Å². The Morgan fingerprint density at radius 3 is 2.90 bits per heavy atom. The molecule has 1 aromatic carbocycles. The maximum atomic E-state index is 5.93. The predicted octanol–water partition coefficient (Wildman–Crippen LogP) is 1.79. The van der Waals surface area contributed by atoms with Gasteiger partial charge in [0.2, 0.25) is 0 Å². The second-order valence-corrected chi connectivity index (χ2v) is 4.75. The van der Waals surface area contributed by atoms with E-state index in [0.29, 0.717) is 6.61 Å². The first-order chi connectivity index (χ1) is 9.93. The van der Waals surface area contributed by atoms with Gasteiger partial charge in [-0.3, -0.25) is 4.90 Å². The van der Waals surface area contributed by atoms with Gasteiger partial charge in [0.25, 0.3) is 0 Å². The van der Waals surface area contributed by atoms with Crippen LogP contribution in [0.2, 0.25) is 0 Å². The molecule has 3 rings (SSSR count). The third kappa shape index (κ3) is 3.18. The van der Waals surface area contributed by atoms with Crippen molar-refractivity contribution < 1.29 is 9.47 Å². The molecular weight excluding hydrogens is 254 g/mol. The highest BCUT2D eigenvalue weighted by Crippen LogP contribution is 2.27. The summed E-state index contributed by atoms with van der Waals surface area (Å²) in [6, 6.07) is 8.00. The molecule has 0 unspecified atom stereocenters. The molecule has 1 aliphatic rings. The lowest BCUT2D eigenvalue weighted by Gasteiger charge is -2.26. The number of rotatable bonds is 5. The molecule has 106 valence electrons. The number of imidazole rings is 1. The number of morpholine rings is 1. The van der Waals surface area contributed by atoms with Crippen LogP contribution in [0.15, 0.2) is 36.8 Å². The number of ether oxygens (including phenoxy) is 2. The van der Waals surface area contributed by atoms with Crippen LogP contribution in [0.3, 0.4) is 0 Å². The van der Waals surface area contributed by atoms with Gasteiger partial charge in [-0.05, 0) is 12.1 Å². The van der Waals surface area contributed by atoms with Gasteiger partial charge < -0.3 is 14.5 Å². The summed E-state index contributed by atoms with van der Waals surface area (Å²) in [4.78, 5) is 9.62. The predicted molar refractivity (Wildman–Crippen MR) is 76.8 cm³/mol. The quantitative estimate of drug-likeness (QED) is 0.902. The van der Waals surface area contributed by atoms with Crippen LogP contribution >= 0.6 is 0 Å². The number of nitrogens with zero attached hydrogens (tertiary/aromatic N) is 2. The molecule has 0 bridgehead atoms. The second-order valence-electron chi connectivity index (χ2n) is 4.75. The summed E-state index contributed by atoms with van der Waals surface area (Å²) in [5.74, 6) is 0.882. The number of hydrogen-bond acceptors (Lipinski definition) is 4. The molecule has 2 aromatic rings. The van der Waals surface area contributed by atoms with Crippen LogP contribution in [-0.4, -0.2) is 54.3 Å². The SMILES string of the molecule is c1ccc(-c2c[nH]cn2)c(OCCN2CCOCC2)c1. The zero-order valence-corrected chi connectivity index (χ0v) is 11.4. The smallest absolute Gasteiger partial charge is 0.128 e. The summed E-state index contributed by atoms with van der Waals surface area (Å²) in [5, 5.41) is 0. The first-order valence-electron chi connectivity index (χ1n) is 6.94. The van der Waals surface area contributed by atoms with Gasteiger partial charge in [0.1, 0.15) is 12.4 Å². The van der Waals surface area contributed by atoms with Crippen molar-refractivity contribution in [3.05, 3.63) is 36.8 Å². The lowest BCUT2D eigenvalue weighted by molar-refractivity contribution is 0.0323. The molecule has 1 saturated heterocycles. The molecule has 0 spiro atoms. The highest BCUT2D eigenvalue weighted by Gasteiger charge is 2.11. The number of aromatic nitrogens is 2. The van der Waals surface area contributed by atoms with Gasteiger partial charge >= 0.3 is 0 Å². The minimum atomic E-state index is 0.682. The fraction of sp³-hybridized carbons (Fsp3) is 0.400. The molecule has 2 heterocycles. The van der Waals surface area contributed by atoms with Crippen LogP contribution in [0.25, 0.3) is 11.3 Å². The zero-order chi connectivity index (χ0) is 13.6. The molecule has 0 amide bonds. The van der Waals surface area contributed by atoms with E-state index in [1.165, 1.54) is 0 Å². The third-order valence-corrected chi connectivity index (χ3v) is 3.43. The highest BCUT2D eigenvalue weighted by atomic mass is 16.5. The van der Waals surface area contributed by atoms with E-state index in [1.807, 2.05) is 30.5 Å². The molecule has 20 heavy (non-hydrogen) atoms. The van der Waals surface area contributed by atoms with E-state index in [4.69, 9.17) is 9.47 Å². The van der Waals surface area contributed by atoms with Crippen LogP contribution in [0.1, 0.15) is 0 Å². The van der Waals surface area contributed by atoms with E-state index in [9.17, 15) is 0 Å². The van der Waals surface area contributed by atoms with E-state index in [-0.39, 0.29) is 0 Å². The Balaban J connectivity index is 1.60. The van der Waals surface area contributed by atoms with Gasteiger partial charge in [-0.15, -0.1) is 0 Å². The Morgan fingerprint density at radius 1 is 1.25 bits per heavy atom. The fourth-order valence-corrected chi connectivity index (χ4v) is 2.32. The summed E-state index contributed by atoms with van der Waals surface area (Å²) in [7, 11) is 0. The van der Waals surface area contributed by atoms with Crippen molar-refractivity contribution >= 4 is 0 Å². The van der Waals surface area contributed by atoms with Crippen molar-refractivity contribution in [2.75, 3.05) is 39.5 Å². The van der Waals surface area contributed by atoms with Crippen molar-refractivity contribution in [3.8, 4) is 17.0 Å². The van der Waals surface area contributed by atoms with Crippen molar-refractivity contribution in [2.24, 2.45) is 0 Å². The molecule has 5 nitrogen and oxygen atoms in total. The second kappa shape index (κ2) is 6.54. The maximum Gasteiger partial charge on any atom is 0.128 e. The first kappa shape index (κ1) is 13.1. The van der Waals surface area contributed by atoms with Gasteiger partial charge in [-0.25, -0.2) is 4.98 Å². The van der Waals surface area contributed by atoms with Gasteiger partial charge in [-0.1, -0.05) is 12.1 Å². The number of hydrogen-bond donors (Lipinski definition) is 1. The van der Waals surface area contributed by atoms with Crippen molar-refractivity contribution in [3.63, 3.8) is 0 Å². The normalized spacial score (nSPS) is 16.2. The summed E-state index contributed by atoms with van der Waals surface area (Å²) in [5.41, 5.74) is 1.93. The number of nitrogens with one attached hydrogen (secondary N) is 1. The molecule has 1 N–H and O–H groups in total. The number of aromatic amines is 1. The average molecular weight is 273 g/mol. The molecule has 1 fully saturated rings. The van der Waals surface area contributed by atoms with Crippen LogP contribution in [0, 0.1) is 0 Å². The van der Waals surface area contributed by atoms with Crippen LogP contribution in [0.4, 0.5) is 0 Å². The summed E-state index contributed by atoms with van der Waals surface area (Å²) in [6.07, 6.45) is 3.56. The fourth-order valence-electron chi connectivity index (χ4n) is 2.32. The molecule has 5 heteroatoms. The standard InChI is InChI=1S/C15H19N3O2/c1-2-4-15(13(3-1)14-11-16-12-17-14)20-10-7-18-5-8-19-9-6-18/h1-4,11-12H,5-10H2,(H,16,17).